The highest BCUT2D eigenvalue weighted by Crippen LogP contribution is 2.49. The van der Waals surface area contributed by atoms with Gasteiger partial charge in [-0.3, -0.25) is 4.57 Å². The van der Waals surface area contributed by atoms with Crippen molar-refractivity contribution >= 4 is 43.6 Å². The average Bonchev–Trinajstić information content (AvgIpc) is 3.97. The standard InChI is InChI=1S/C60H41N5/c1-60(2)51-25-12-9-22-45(51)50-37-43(32-35-52(50)60)58-61-57(41-30-28-40(29-31-41)38-16-5-3-6-17-38)62-59(63-58)65-54-27-14-11-24-47(54)49-34-33-48-46-23-10-13-26-53(46)64(55(48)56(49)65)44-21-15-20-42(36-44)39-18-7-4-8-19-39/h3-37H,1-2H3. The van der Waals surface area contributed by atoms with E-state index in [2.05, 4.69) is 229 Å². The monoisotopic (exact) mass is 831 g/mol. The fourth-order valence-electron chi connectivity index (χ4n) is 10.5. The maximum atomic E-state index is 5.50. The Hall–Kier alpha value is -8.41. The third-order valence-corrected chi connectivity index (χ3v) is 13.6. The summed E-state index contributed by atoms with van der Waals surface area (Å²) in [6, 6.07) is 76.0. The molecule has 0 saturated carbocycles. The van der Waals surface area contributed by atoms with Gasteiger partial charge in [0.15, 0.2) is 11.6 Å². The average molecular weight is 832 g/mol. The highest BCUT2D eigenvalue weighted by atomic mass is 15.2. The van der Waals surface area contributed by atoms with Gasteiger partial charge in [-0.2, -0.15) is 9.97 Å². The van der Waals surface area contributed by atoms with E-state index in [0.717, 1.165) is 71.7 Å². The lowest BCUT2D eigenvalue weighted by atomic mass is 9.82. The molecule has 5 heteroatoms. The Labute approximate surface area is 376 Å². The Kier molecular flexibility index (Phi) is 8.18. The Morgan fingerprint density at radius 3 is 1.55 bits per heavy atom. The molecule has 65 heavy (non-hydrogen) atoms. The van der Waals surface area contributed by atoms with Gasteiger partial charge in [-0.25, -0.2) is 4.98 Å². The van der Waals surface area contributed by atoms with E-state index in [9.17, 15) is 0 Å². The normalized spacial score (nSPS) is 12.9. The molecule has 306 valence electrons. The van der Waals surface area contributed by atoms with E-state index in [-0.39, 0.29) is 5.41 Å². The molecule has 0 atom stereocenters. The van der Waals surface area contributed by atoms with Crippen molar-refractivity contribution in [2.24, 2.45) is 0 Å². The van der Waals surface area contributed by atoms with E-state index >= 15 is 0 Å². The first-order valence-electron chi connectivity index (χ1n) is 22.3. The van der Waals surface area contributed by atoms with Crippen LogP contribution < -0.4 is 0 Å². The number of nitrogens with zero attached hydrogens (tertiary/aromatic N) is 5. The third kappa shape index (κ3) is 5.75. The van der Waals surface area contributed by atoms with Gasteiger partial charge in [-0.05, 0) is 74.8 Å². The van der Waals surface area contributed by atoms with Crippen LogP contribution in [0.1, 0.15) is 25.0 Å². The van der Waals surface area contributed by atoms with Crippen molar-refractivity contribution in [1.82, 2.24) is 24.1 Å². The topological polar surface area (TPSA) is 48.5 Å². The van der Waals surface area contributed by atoms with E-state index in [1.807, 2.05) is 6.07 Å². The van der Waals surface area contributed by atoms with Gasteiger partial charge >= 0.3 is 0 Å². The highest BCUT2D eigenvalue weighted by Gasteiger charge is 2.35. The molecule has 0 spiro atoms. The van der Waals surface area contributed by atoms with Gasteiger partial charge in [-0.1, -0.05) is 196 Å². The highest BCUT2D eigenvalue weighted by molar-refractivity contribution is 6.23. The Morgan fingerprint density at radius 2 is 0.846 bits per heavy atom. The fraction of sp³-hybridized carbons (Fsp3) is 0.0500. The third-order valence-electron chi connectivity index (χ3n) is 13.6. The molecule has 12 aromatic rings. The summed E-state index contributed by atoms with van der Waals surface area (Å²) < 4.78 is 4.71. The fourth-order valence-corrected chi connectivity index (χ4v) is 10.5. The van der Waals surface area contributed by atoms with Crippen LogP contribution in [0.25, 0.3) is 111 Å². The predicted octanol–water partition coefficient (Wildman–Crippen LogP) is 15.0. The van der Waals surface area contributed by atoms with E-state index in [1.165, 1.54) is 33.2 Å². The summed E-state index contributed by atoms with van der Waals surface area (Å²) in [5, 5.41) is 4.60. The van der Waals surface area contributed by atoms with E-state index in [4.69, 9.17) is 15.0 Å². The molecule has 1 aliphatic carbocycles. The summed E-state index contributed by atoms with van der Waals surface area (Å²) in [7, 11) is 0. The number of para-hydroxylation sites is 2. The molecule has 13 rings (SSSR count). The maximum absolute atomic E-state index is 5.50. The minimum atomic E-state index is -0.117. The minimum Gasteiger partial charge on any atom is -0.307 e. The number of benzene rings is 9. The number of aromatic nitrogens is 5. The number of fused-ring (bicyclic) bond motifs is 10. The zero-order valence-corrected chi connectivity index (χ0v) is 35.9. The summed E-state index contributed by atoms with van der Waals surface area (Å²) in [4.78, 5) is 16.3. The molecule has 0 radical (unpaired) electrons. The molecule has 0 aliphatic heterocycles. The molecule has 0 bridgehead atoms. The van der Waals surface area contributed by atoms with E-state index < -0.39 is 0 Å². The summed E-state index contributed by atoms with van der Waals surface area (Å²) in [6.07, 6.45) is 0. The van der Waals surface area contributed by atoms with Gasteiger partial charge in [0, 0.05) is 43.8 Å². The molecule has 0 unspecified atom stereocenters. The van der Waals surface area contributed by atoms with E-state index in [1.54, 1.807) is 0 Å². The Morgan fingerprint density at radius 1 is 0.338 bits per heavy atom. The van der Waals surface area contributed by atoms with Crippen LogP contribution >= 0.6 is 0 Å². The number of hydrogen-bond donors (Lipinski definition) is 0. The molecule has 3 heterocycles. The summed E-state index contributed by atoms with van der Waals surface area (Å²) in [5.74, 6) is 1.79. The van der Waals surface area contributed by atoms with Gasteiger partial charge in [0.25, 0.3) is 0 Å². The SMILES string of the molecule is CC1(C)c2ccccc2-c2cc(-c3nc(-c4ccc(-c5ccccc5)cc4)nc(-n4c5ccccc5c5ccc6c7ccccc7n(-c7cccc(-c8ccccc8)c7)c6c54)n3)ccc21. The maximum Gasteiger partial charge on any atom is 0.238 e. The van der Waals surface area contributed by atoms with Crippen molar-refractivity contribution in [2.45, 2.75) is 19.3 Å². The molecular formula is C60H41N5. The second kappa shape index (κ2) is 14.3. The van der Waals surface area contributed by atoms with Gasteiger partial charge < -0.3 is 4.57 Å². The van der Waals surface area contributed by atoms with Crippen molar-refractivity contribution in [2.75, 3.05) is 0 Å². The predicted molar refractivity (Wildman–Crippen MR) is 268 cm³/mol. The van der Waals surface area contributed by atoms with Crippen molar-refractivity contribution < 1.29 is 0 Å². The van der Waals surface area contributed by atoms with Crippen LogP contribution in [0.3, 0.4) is 0 Å². The van der Waals surface area contributed by atoms with Crippen LogP contribution in [0, 0.1) is 0 Å². The quantitative estimate of drug-likeness (QED) is 0.168. The summed E-state index contributed by atoms with van der Waals surface area (Å²) in [5.41, 5.74) is 16.9. The Balaban J connectivity index is 1.10. The van der Waals surface area contributed by atoms with Crippen LogP contribution in [0.4, 0.5) is 0 Å². The second-order valence-electron chi connectivity index (χ2n) is 17.6. The first-order chi connectivity index (χ1) is 32.0. The molecule has 0 fully saturated rings. The van der Waals surface area contributed by atoms with Crippen LogP contribution in [-0.4, -0.2) is 24.1 Å². The van der Waals surface area contributed by atoms with Crippen molar-refractivity contribution in [3.63, 3.8) is 0 Å². The van der Waals surface area contributed by atoms with Gasteiger partial charge in [0.2, 0.25) is 5.95 Å². The molecule has 0 saturated heterocycles. The van der Waals surface area contributed by atoms with Crippen LogP contribution in [-0.2, 0) is 5.41 Å². The zero-order chi connectivity index (χ0) is 43.2. The van der Waals surface area contributed by atoms with Crippen LogP contribution in [0.2, 0.25) is 0 Å². The van der Waals surface area contributed by atoms with E-state index in [0.29, 0.717) is 17.6 Å². The largest absolute Gasteiger partial charge is 0.307 e. The first-order valence-corrected chi connectivity index (χ1v) is 22.3. The van der Waals surface area contributed by atoms with Crippen LogP contribution in [0.5, 0.6) is 0 Å². The molecule has 3 aromatic heterocycles. The molecule has 9 aromatic carbocycles. The molecule has 5 nitrogen and oxygen atoms in total. The minimum absolute atomic E-state index is 0.117. The van der Waals surface area contributed by atoms with Gasteiger partial charge in [0.1, 0.15) is 0 Å². The Bertz CT molecular complexity index is 3840. The summed E-state index contributed by atoms with van der Waals surface area (Å²) in [6.45, 7) is 4.63. The summed E-state index contributed by atoms with van der Waals surface area (Å²) >= 11 is 0. The lowest BCUT2D eigenvalue weighted by Gasteiger charge is -2.21. The number of rotatable bonds is 6. The zero-order valence-electron chi connectivity index (χ0n) is 35.9. The van der Waals surface area contributed by atoms with Gasteiger partial charge in [0.05, 0.1) is 22.1 Å². The smallest absolute Gasteiger partial charge is 0.238 e. The molecule has 1 aliphatic rings. The van der Waals surface area contributed by atoms with Crippen molar-refractivity contribution in [3.05, 3.63) is 223 Å². The lowest BCUT2D eigenvalue weighted by Crippen LogP contribution is -2.14. The second-order valence-corrected chi connectivity index (χ2v) is 17.6. The van der Waals surface area contributed by atoms with Crippen molar-refractivity contribution in [3.8, 4) is 67.8 Å². The number of hydrogen-bond acceptors (Lipinski definition) is 3. The lowest BCUT2D eigenvalue weighted by molar-refractivity contribution is 0.660. The van der Waals surface area contributed by atoms with Gasteiger partial charge in [-0.15, -0.1) is 0 Å². The molecule has 0 amide bonds. The van der Waals surface area contributed by atoms with Crippen LogP contribution in [0.15, 0.2) is 212 Å². The molecule has 0 N–H and O–H groups in total. The molecular weight excluding hydrogens is 791 g/mol. The first kappa shape index (κ1) is 37.2. The van der Waals surface area contributed by atoms with Crippen molar-refractivity contribution in [1.29, 1.82) is 0 Å².